The van der Waals surface area contributed by atoms with Crippen LogP contribution < -0.4 is 4.74 Å². The molecule has 0 heterocycles. The molecule has 0 amide bonds. The Morgan fingerprint density at radius 3 is 2.83 bits per heavy atom. The zero-order valence-electron chi connectivity index (χ0n) is 10.1. The first-order valence-corrected chi connectivity index (χ1v) is 6.04. The van der Waals surface area contributed by atoms with Crippen molar-refractivity contribution in [3.63, 3.8) is 0 Å². The molecule has 0 unspecified atom stereocenters. The van der Waals surface area contributed by atoms with Crippen molar-refractivity contribution in [2.45, 2.75) is 6.92 Å². The predicted octanol–water partition coefficient (Wildman–Crippen LogP) is 2.93. The lowest BCUT2D eigenvalue weighted by Crippen LogP contribution is -2.06. The van der Waals surface area contributed by atoms with E-state index in [4.69, 9.17) is 14.7 Å². The number of rotatable bonds is 4. The van der Waals surface area contributed by atoms with Crippen molar-refractivity contribution >= 4 is 28.0 Å². The van der Waals surface area contributed by atoms with E-state index in [-0.39, 0.29) is 12.2 Å². The molecule has 0 saturated carbocycles. The summed E-state index contributed by atoms with van der Waals surface area (Å²) in [6.45, 7) is 1.92. The van der Waals surface area contributed by atoms with E-state index in [1.165, 1.54) is 13.2 Å². The number of esters is 1. The molecule has 5 heteroatoms. The van der Waals surface area contributed by atoms with Gasteiger partial charge in [0.25, 0.3) is 0 Å². The molecule has 1 aromatic rings. The van der Waals surface area contributed by atoms with Crippen LogP contribution in [0.4, 0.5) is 0 Å². The molecule has 0 fully saturated rings. The number of hydrogen-bond donors (Lipinski definition) is 0. The molecule has 0 radical (unpaired) electrons. The summed E-state index contributed by atoms with van der Waals surface area (Å²) >= 11 is 3.32. The van der Waals surface area contributed by atoms with E-state index in [0.717, 1.165) is 4.47 Å². The van der Waals surface area contributed by atoms with Crippen molar-refractivity contribution in [1.29, 1.82) is 5.26 Å². The van der Waals surface area contributed by atoms with Gasteiger partial charge >= 0.3 is 5.97 Å². The number of nitrogens with zero attached hydrogens (tertiary/aromatic N) is 1. The molecule has 0 aliphatic rings. The first-order valence-electron chi connectivity index (χ1n) is 5.24. The molecular weight excluding hydrogens is 298 g/mol. The Morgan fingerprint density at radius 2 is 2.28 bits per heavy atom. The summed E-state index contributed by atoms with van der Waals surface area (Å²) in [6, 6.07) is 7.14. The molecule has 1 aromatic carbocycles. The van der Waals surface area contributed by atoms with Crippen molar-refractivity contribution in [3.8, 4) is 11.8 Å². The number of hydrogen-bond acceptors (Lipinski definition) is 4. The monoisotopic (exact) mass is 309 g/mol. The van der Waals surface area contributed by atoms with Crippen LogP contribution in [0.3, 0.4) is 0 Å². The Balaban J connectivity index is 3.17. The van der Waals surface area contributed by atoms with Crippen LogP contribution in [0.5, 0.6) is 5.75 Å². The van der Waals surface area contributed by atoms with Crippen LogP contribution in [0.25, 0.3) is 6.08 Å². The van der Waals surface area contributed by atoms with Crippen LogP contribution in [-0.4, -0.2) is 19.7 Å². The Kier molecular flexibility index (Phi) is 5.40. The van der Waals surface area contributed by atoms with Gasteiger partial charge in [0, 0.05) is 10.0 Å². The quantitative estimate of drug-likeness (QED) is 0.487. The van der Waals surface area contributed by atoms with Gasteiger partial charge in [-0.2, -0.15) is 5.26 Å². The van der Waals surface area contributed by atoms with Crippen LogP contribution in [-0.2, 0) is 9.53 Å². The standard InChI is InChI=1S/C13H12BrNO3/c1-3-18-13(16)10(8-15)6-9-7-11(14)4-5-12(9)17-2/h4-7H,3H2,1-2H3. The van der Waals surface area contributed by atoms with Crippen LogP contribution in [0.15, 0.2) is 28.2 Å². The Labute approximate surface area is 114 Å². The molecule has 0 aromatic heterocycles. The van der Waals surface area contributed by atoms with Gasteiger partial charge in [0.15, 0.2) is 0 Å². The fourth-order valence-electron chi connectivity index (χ4n) is 1.32. The van der Waals surface area contributed by atoms with Gasteiger partial charge in [-0.3, -0.25) is 0 Å². The van der Waals surface area contributed by atoms with Crippen LogP contribution >= 0.6 is 15.9 Å². The molecule has 1 rings (SSSR count). The number of methoxy groups -OCH3 is 1. The summed E-state index contributed by atoms with van der Waals surface area (Å²) in [5, 5.41) is 8.95. The number of carbonyl (C=O) groups excluding carboxylic acids is 1. The predicted molar refractivity (Wildman–Crippen MR) is 70.9 cm³/mol. The lowest BCUT2D eigenvalue weighted by molar-refractivity contribution is -0.137. The fraction of sp³-hybridized carbons (Fsp3) is 0.231. The van der Waals surface area contributed by atoms with Gasteiger partial charge in [-0.15, -0.1) is 0 Å². The van der Waals surface area contributed by atoms with E-state index < -0.39 is 5.97 Å². The molecule has 0 aliphatic heterocycles. The van der Waals surface area contributed by atoms with Crippen LogP contribution in [0.1, 0.15) is 12.5 Å². The topological polar surface area (TPSA) is 59.3 Å². The summed E-state index contributed by atoms with van der Waals surface area (Å²) in [4.78, 5) is 11.5. The van der Waals surface area contributed by atoms with Gasteiger partial charge in [0.1, 0.15) is 17.4 Å². The molecule has 0 bridgehead atoms. The summed E-state index contributed by atoms with van der Waals surface area (Å²) in [5.41, 5.74) is 0.574. The lowest BCUT2D eigenvalue weighted by atomic mass is 10.1. The minimum Gasteiger partial charge on any atom is -0.496 e. The van der Waals surface area contributed by atoms with E-state index in [0.29, 0.717) is 11.3 Å². The van der Waals surface area contributed by atoms with E-state index in [1.54, 1.807) is 19.1 Å². The fourth-order valence-corrected chi connectivity index (χ4v) is 1.70. The van der Waals surface area contributed by atoms with Gasteiger partial charge in [-0.05, 0) is 31.2 Å². The van der Waals surface area contributed by atoms with Crippen LogP contribution in [0.2, 0.25) is 0 Å². The molecular formula is C13H12BrNO3. The molecule has 0 N–H and O–H groups in total. The van der Waals surface area contributed by atoms with Gasteiger partial charge in [-0.1, -0.05) is 15.9 Å². The molecule has 0 spiro atoms. The minimum atomic E-state index is -0.637. The second-order valence-electron chi connectivity index (χ2n) is 3.28. The second kappa shape index (κ2) is 6.82. The summed E-state index contributed by atoms with van der Waals surface area (Å²) in [7, 11) is 1.52. The third kappa shape index (κ3) is 3.60. The normalized spacial score (nSPS) is 10.7. The van der Waals surface area contributed by atoms with E-state index in [9.17, 15) is 4.79 Å². The molecule has 4 nitrogen and oxygen atoms in total. The number of nitriles is 1. The highest BCUT2D eigenvalue weighted by molar-refractivity contribution is 9.10. The number of halogens is 1. The van der Waals surface area contributed by atoms with Crippen LogP contribution in [0, 0.1) is 11.3 Å². The largest absolute Gasteiger partial charge is 0.496 e. The van der Waals surface area contributed by atoms with Gasteiger partial charge in [-0.25, -0.2) is 4.79 Å². The minimum absolute atomic E-state index is 0.0618. The third-order valence-electron chi connectivity index (χ3n) is 2.11. The molecule has 0 saturated heterocycles. The van der Waals surface area contributed by atoms with Crippen molar-refractivity contribution in [1.82, 2.24) is 0 Å². The van der Waals surface area contributed by atoms with E-state index >= 15 is 0 Å². The first kappa shape index (κ1) is 14.3. The highest BCUT2D eigenvalue weighted by atomic mass is 79.9. The summed E-state index contributed by atoms with van der Waals surface area (Å²) in [6.07, 6.45) is 1.45. The molecule has 94 valence electrons. The third-order valence-corrected chi connectivity index (χ3v) is 2.60. The highest BCUT2D eigenvalue weighted by Gasteiger charge is 2.11. The SMILES string of the molecule is CCOC(=O)C(C#N)=Cc1cc(Br)ccc1OC. The van der Waals surface area contributed by atoms with Crippen molar-refractivity contribution < 1.29 is 14.3 Å². The average Bonchev–Trinajstić information content (AvgIpc) is 2.36. The Morgan fingerprint density at radius 1 is 1.56 bits per heavy atom. The smallest absolute Gasteiger partial charge is 0.348 e. The number of carbonyl (C=O) groups is 1. The summed E-state index contributed by atoms with van der Waals surface area (Å²) in [5.74, 6) is -0.0581. The van der Waals surface area contributed by atoms with E-state index in [2.05, 4.69) is 15.9 Å². The average molecular weight is 310 g/mol. The summed E-state index contributed by atoms with van der Waals surface area (Å²) < 4.78 is 10.8. The van der Waals surface area contributed by atoms with E-state index in [1.807, 2.05) is 12.1 Å². The zero-order chi connectivity index (χ0) is 13.5. The molecule has 0 atom stereocenters. The van der Waals surface area contributed by atoms with Gasteiger partial charge in [0.05, 0.1) is 13.7 Å². The van der Waals surface area contributed by atoms with Crippen molar-refractivity contribution in [2.24, 2.45) is 0 Å². The second-order valence-corrected chi connectivity index (χ2v) is 4.19. The molecule has 0 aliphatic carbocycles. The Hall–Kier alpha value is -1.80. The maximum absolute atomic E-state index is 11.5. The zero-order valence-corrected chi connectivity index (χ0v) is 11.7. The maximum Gasteiger partial charge on any atom is 0.348 e. The highest BCUT2D eigenvalue weighted by Crippen LogP contribution is 2.25. The van der Waals surface area contributed by atoms with Gasteiger partial charge in [0.2, 0.25) is 0 Å². The number of ether oxygens (including phenoxy) is 2. The first-order chi connectivity index (χ1) is 8.62. The maximum atomic E-state index is 11.5. The molecule has 18 heavy (non-hydrogen) atoms. The Bertz CT molecular complexity index is 517. The lowest BCUT2D eigenvalue weighted by Gasteiger charge is -2.06. The van der Waals surface area contributed by atoms with Gasteiger partial charge < -0.3 is 9.47 Å². The van der Waals surface area contributed by atoms with Crippen molar-refractivity contribution in [2.75, 3.05) is 13.7 Å². The van der Waals surface area contributed by atoms with Crippen molar-refractivity contribution in [3.05, 3.63) is 33.8 Å². The number of benzene rings is 1.